The predicted octanol–water partition coefficient (Wildman–Crippen LogP) is 10.2. The van der Waals surface area contributed by atoms with Crippen LogP contribution in [0, 0.1) is 0 Å². The lowest BCUT2D eigenvalue weighted by Crippen LogP contribution is -2.03. The molecule has 0 bridgehead atoms. The van der Waals surface area contributed by atoms with Crippen molar-refractivity contribution in [1.29, 1.82) is 0 Å². The number of fused-ring (bicyclic) bond motifs is 12. The van der Waals surface area contributed by atoms with Crippen molar-refractivity contribution < 1.29 is 0 Å². The van der Waals surface area contributed by atoms with Gasteiger partial charge >= 0.3 is 0 Å². The van der Waals surface area contributed by atoms with Crippen LogP contribution in [0.2, 0.25) is 0 Å². The smallest absolute Gasteiger partial charge is 0.0589 e. The van der Waals surface area contributed by atoms with Crippen LogP contribution >= 0.6 is 0 Å². The fourth-order valence-corrected chi connectivity index (χ4v) is 7.96. The highest BCUT2D eigenvalue weighted by Crippen LogP contribution is 2.49. The molecule has 41 heavy (non-hydrogen) atoms. The summed E-state index contributed by atoms with van der Waals surface area (Å²) >= 11 is 0. The first-order valence-corrected chi connectivity index (χ1v) is 14.5. The lowest BCUT2D eigenvalue weighted by atomic mass is 9.83. The summed E-state index contributed by atoms with van der Waals surface area (Å²) in [6.45, 7) is 0. The maximum absolute atomic E-state index is 2.56. The molecule has 0 unspecified atom stereocenters. The Morgan fingerprint density at radius 2 is 1.17 bits per heavy atom. The van der Waals surface area contributed by atoms with Gasteiger partial charge in [0.25, 0.3) is 0 Å². The second kappa shape index (κ2) is 7.74. The van der Waals surface area contributed by atoms with Crippen molar-refractivity contribution in [3.63, 3.8) is 0 Å². The standard InChI is InChI=1S/C40H25N/c1-2-13-29-25(9-1)22-35-38(29)30-14-3-4-15-31(30)39-33-16-5-6-18-36(33)41(40(35)39)28-20-19-26-21-27-12-7-10-24-11-8-17-32(37(24)27)34(26)23-28/h1-20,23H,21-22H2. The van der Waals surface area contributed by atoms with Crippen molar-refractivity contribution >= 4 is 43.4 Å². The Morgan fingerprint density at radius 1 is 0.463 bits per heavy atom. The SMILES string of the molecule is c1ccc2c(c1)Cc1c-2c2ccccc2c2c3ccccc3n(-c3ccc4c(c3)-c3cccc5cccc(c35)C4)c12. The third-order valence-electron chi connectivity index (χ3n) is 9.60. The van der Waals surface area contributed by atoms with Gasteiger partial charge in [-0.15, -0.1) is 0 Å². The van der Waals surface area contributed by atoms with Gasteiger partial charge < -0.3 is 4.57 Å². The van der Waals surface area contributed by atoms with Gasteiger partial charge in [-0.2, -0.15) is 0 Å². The van der Waals surface area contributed by atoms with Gasteiger partial charge in [-0.3, -0.25) is 0 Å². The first kappa shape index (κ1) is 21.7. The number of hydrogen-bond donors (Lipinski definition) is 0. The molecule has 0 radical (unpaired) electrons. The topological polar surface area (TPSA) is 4.93 Å². The van der Waals surface area contributed by atoms with E-state index in [4.69, 9.17) is 0 Å². The summed E-state index contributed by atoms with van der Waals surface area (Å²) in [7, 11) is 0. The van der Waals surface area contributed by atoms with Crippen LogP contribution in [0.3, 0.4) is 0 Å². The first-order valence-electron chi connectivity index (χ1n) is 14.5. The second-order valence-corrected chi connectivity index (χ2v) is 11.6. The molecule has 0 aliphatic heterocycles. The summed E-state index contributed by atoms with van der Waals surface area (Å²) < 4.78 is 2.56. The molecule has 0 saturated heterocycles. The molecule has 2 aliphatic carbocycles. The van der Waals surface area contributed by atoms with E-state index in [1.807, 2.05) is 0 Å². The Hall–Kier alpha value is -5.14. The Labute approximate surface area is 237 Å². The summed E-state index contributed by atoms with van der Waals surface area (Å²) in [4.78, 5) is 0. The number of aromatic nitrogens is 1. The lowest BCUT2D eigenvalue weighted by Gasteiger charge is -2.22. The van der Waals surface area contributed by atoms with E-state index < -0.39 is 0 Å². The van der Waals surface area contributed by atoms with Crippen molar-refractivity contribution in [3.05, 3.63) is 150 Å². The molecule has 0 amide bonds. The average molecular weight is 520 g/mol. The van der Waals surface area contributed by atoms with Crippen LogP contribution in [0.4, 0.5) is 0 Å². The molecule has 0 atom stereocenters. The molecule has 0 fully saturated rings. The zero-order valence-electron chi connectivity index (χ0n) is 22.5. The van der Waals surface area contributed by atoms with E-state index in [2.05, 4.69) is 132 Å². The van der Waals surface area contributed by atoms with Gasteiger partial charge in [0.15, 0.2) is 0 Å². The van der Waals surface area contributed by atoms with Crippen LogP contribution in [0.1, 0.15) is 22.3 Å². The molecule has 10 rings (SSSR count). The molecule has 1 nitrogen and oxygen atoms in total. The number of hydrogen-bond acceptors (Lipinski definition) is 0. The van der Waals surface area contributed by atoms with Gasteiger partial charge in [0, 0.05) is 22.9 Å². The van der Waals surface area contributed by atoms with E-state index in [-0.39, 0.29) is 0 Å². The van der Waals surface area contributed by atoms with Gasteiger partial charge in [0.1, 0.15) is 0 Å². The monoisotopic (exact) mass is 519 g/mol. The van der Waals surface area contributed by atoms with E-state index >= 15 is 0 Å². The normalized spacial score (nSPS) is 13.2. The molecule has 8 aromatic rings. The van der Waals surface area contributed by atoms with E-state index in [1.165, 1.54) is 93.5 Å². The molecule has 0 N–H and O–H groups in total. The highest BCUT2D eigenvalue weighted by Gasteiger charge is 2.28. The Morgan fingerprint density at radius 3 is 2.10 bits per heavy atom. The van der Waals surface area contributed by atoms with E-state index in [1.54, 1.807) is 0 Å². The number of rotatable bonds is 1. The van der Waals surface area contributed by atoms with Crippen LogP contribution in [-0.4, -0.2) is 4.57 Å². The Balaban J connectivity index is 1.36. The fraction of sp³-hybridized carbons (Fsp3) is 0.0500. The van der Waals surface area contributed by atoms with Crippen molar-refractivity contribution in [1.82, 2.24) is 4.57 Å². The van der Waals surface area contributed by atoms with Crippen molar-refractivity contribution in [2.75, 3.05) is 0 Å². The van der Waals surface area contributed by atoms with Crippen LogP contribution in [0.25, 0.3) is 71.3 Å². The lowest BCUT2D eigenvalue weighted by molar-refractivity contribution is 1.13. The third-order valence-corrected chi connectivity index (χ3v) is 9.60. The quantitative estimate of drug-likeness (QED) is 0.203. The predicted molar refractivity (Wildman–Crippen MR) is 172 cm³/mol. The maximum atomic E-state index is 2.56. The average Bonchev–Trinajstić information content (AvgIpc) is 3.58. The van der Waals surface area contributed by atoms with Crippen molar-refractivity contribution in [3.8, 4) is 27.9 Å². The minimum atomic E-state index is 0.959. The maximum Gasteiger partial charge on any atom is 0.0589 e. The third kappa shape index (κ3) is 2.76. The summed E-state index contributed by atoms with van der Waals surface area (Å²) in [5.41, 5.74) is 15.1. The minimum Gasteiger partial charge on any atom is -0.309 e. The summed E-state index contributed by atoms with van der Waals surface area (Å²) in [5, 5.41) is 8.12. The molecular weight excluding hydrogens is 494 g/mol. The van der Waals surface area contributed by atoms with Crippen LogP contribution in [0.15, 0.2) is 127 Å². The van der Waals surface area contributed by atoms with Crippen LogP contribution < -0.4 is 0 Å². The van der Waals surface area contributed by atoms with Gasteiger partial charge in [-0.25, -0.2) is 0 Å². The van der Waals surface area contributed by atoms with E-state index in [0.29, 0.717) is 0 Å². The summed E-state index contributed by atoms with van der Waals surface area (Å²) in [5.74, 6) is 0. The van der Waals surface area contributed by atoms with Crippen LogP contribution in [-0.2, 0) is 12.8 Å². The van der Waals surface area contributed by atoms with Crippen LogP contribution in [0.5, 0.6) is 0 Å². The van der Waals surface area contributed by atoms with Gasteiger partial charge in [-0.05, 0) is 90.7 Å². The second-order valence-electron chi connectivity index (χ2n) is 11.6. The first-order chi connectivity index (χ1) is 20.3. The molecule has 1 heterocycles. The fourth-order valence-electron chi connectivity index (χ4n) is 7.96. The molecule has 7 aromatic carbocycles. The molecular formula is C40H25N. The molecule has 190 valence electrons. The largest absolute Gasteiger partial charge is 0.309 e. The highest BCUT2D eigenvalue weighted by atomic mass is 15.0. The highest BCUT2D eigenvalue weighted by molar-refractivity contribution is 6.26. The summed E-state index contributed by atoms with van der Waals surface area (Å²) in [6, 6.07) is 47.7. The number of para-hydroxylation sites is 1. The zero-order valence-corrected chi connectivity index (χ0v) is 22.5. The Bertz CT molecular complexity index is 2410. The van der Waals surface area contributed by atoms with Crippen molar-refractivity contribution in [2.45, 2.75) is 12.8 Å². The van der Waals surface area contributed by atoms with Gasteiger partial charge in [-0.1, -0.05) is 109 Å². The number of benzene rings is 7. The molecule has 0 spiro atoms. The molecule has 2 aliphatic rings. The minimum absolute atomic E-state index is 0.959. The number of nitrogens with zero attached hydrogens (tertiary/aromatic N) is 1. The molecule has 0 saturated carbocycles. The Kier molecular flexibility index (Phi) is 4.09. The zero-order chi connectivity index (χ0) is 26.7. The van der Waals surface area contributed by atoms with Gasteiger partial charge in [0.2, 0.25) is 0 Å². The van der Waals surface area contributed by atoms with E-state index in [0.717, 1.165) is 12.8 Å². The van der Waals surface area contributed by atoms with Gasteiger partial charge in [0.05, 0.1) is 11.0 Å². The summed E-state index contributed by atoms with van der Waals surface area (Å²) in [6.07, 6.45) is 1.94. The van der Waals surface area contributed by atoms with E-state index in [9.17, 15) is 0 Å². The molecule has 1 heteroatoms. The van der Waals surface area contributed by atoms with Crippen molar-refractivity contribution in [2.24, 2.45) is 0 Å². The molecule has 1 aromatic heterocycles.